The van der Waals surface area contributed by atoms with Crippen LogP contribution in [0.5, 0.6) is 0 Å². The average molecular weight is 582 g/mol. The molecule has 0 bridgehead atoms. The molecule has 0 unspecified atom stereocenters. The first kappa shape index (κ1) is 23.9. The molecule has 0 aliphatic heterocycles. The van der Waals surface area contributed by atoms with Crippen LogP contribution >= 0.6 is 15.9 Å². The zero-order valence-electron chi connectivity index (χ0n) is 21.2. The molecule has 0 N–H and O–H groups in total. The van der Waals surface area contributed by atoms with Crippen molar-refractivity contribution in [2.45, 2.75) is 0 Å². The van der Waals surface area contributed by atoms with E-state index in [4.69, 9.17) is 4.42 Å². The molecular weight excluding hydrogens is 556 g/mol. The van der Waals surface area contributed by atoms with Gasteiger partial charge in [0.25, 0.3) is 0 Å². The second-order valence-electron chi connectivity index (χ2n) is 9.88. The monoisotopic (exact) mass is 580 g/mol. The number of halogens is 1. The van der Waals surface area contributed by atoms with Gasteiger partial charge in [-0.1, -0.05) is 137 Å². The molecule has 0 aliphatic rings. The Morgan fingerprint density at radius 3 is 1.49 bits per heavy atom. The number of hydrogen-bond donors (Lipinski definition) is 0. The molecule has 7 aromatic rings. The van der Waals surface area contributed by atoms with Gasteiger partial charge in [0.1, 0.15) is 11.2 Å². The van der Waals surface area contributed by atoms with Crippen molar-refractivity contribution in [3.8, 4) is 11.1 Å². The standard InChI is InChI=1S/C36H25BrOSi/c37-28-20-22-36-34(25-28)33-24-27(19-21-35(33)38-36)26-11-10-18-32(23-26)39(29-12-4-1-5-13-29,30-14-6-2-7-15-30)31-16-8-3-9-17-31/h1-25H/q-1. The van der Waals surface area contributed by atoms with Crippen molar-refractivity contribution in [3.63, 3.8) is 0 Å². The summed E-state index contributed by atoms with van der Waals surface area (Å²) in [6.07, 6.45) is 0. The van der Waals surface area contributed by atoms with Crippen LogP contribution in [-0.2, 0) is 0 Å². The van der Waals surface area contributed by atoms with Crippen LogP contribution in [0.15, 0.2) is 161 Å². The summed E-state index contributed by atoms with van der Waals surface area (Å²) in [6.45, 7) is 0. The van der Waals surface area contributed by atoms with E-state index in [1.54, 1.807) is 0 Å². The third-order valence-corrected chi connectivity index (χ3v) is 12.9. The van der Waals surface area contributed by atoms with Crippen LogP contribution in [0.2, 0.25) is 0 Å². The zero-order valence-corrected chi connectivity index (χ0v) is 23.8. The SMILES string of the molecule is Brc1ccc2oc3ccc(-c4cccc([Si-](c5ccccc5)(c5ccccc5)c5ccccc5)c4)cc3c2c1. The van der Waals surface area contributed by atoms with Crippen molar-refractivity contribution in [1.82, 2.24) is 0 Å². The molecule has 39 heavy (non-hydrogen) atoms. The Balaban J connectivity index is 1.49. The summed E-state index contributed by atoms with van der Waals surface area (Å²) in [5, 5.41) is 7.75. The Morgan fingerprint density at radius 2 is 0.897 bits per heavy atom. The molecule has 0 spiro atoms. The smallest absolute Gasteiger partial charge is 0.135 e. The van der Waals surface area contributed by atoms with E-state index in [0.717, 1.165) is 26.4 Å². The summed E-state index contributed by atoms with van der Waals surface area (Å²) in [7, 11) is -2.58. The minimum absolute atomic E-state index is 0.905. The number of benzene rings is 6. The summed E-state index contributed by atoms with van der Waals surface area (Å²) < 4.78 is 7.19. The fourth-order valence-electron chi connectivity index (χ4n) is 5.93. The van der Waals surface area contributed by atoms with Crippen LogP contribution in [0.1, 0.15) is 0 Å². The summed E-state index contributed by atoms with van der Waals surface area (Å²) >= 11 is 3.63. The van der Waals surface area contributed by atoms with Crippen molar-refractivity contribution in [3.05, 3.63) is 156 Å². The first-order valence-electron chi connectivity index (χ1n) is 13.1. The average Bonchev–Trinajstić information content (AvgIpc) is 3.36. The van der Waals surface area contributed by atoms with Crippen molar-refractivity contribution < 1.29 is 4.42 Å². The highest BCUT2D eigenvalue weighted by atomic mass is 79.9. The van der Waals surface area contributed by atoms with E-state index in [-0.39, 0.29) is 0 Å². The van der Waals surface area contributed by atoms with Crippen LogP contribution in [0.3, 0.4) is 0 Å². The highest BCUT2D eigenvalue weighted by Crippen LogP contribution is 2.33. The minimum atomic E-state index is -2.58. The Kier molecular flexibility index (Phi) is 6.03. The third-order valence-electron chi connectivity index (χ3n) is 7.68. The van der Waals surface area contributed by atoms with Crippen LogP contribution in [0.25, 0.3) is 33.1 Å². The lowest BCUT2D eigenvalue weighted by molar-refractivity contribution is 0.669. The molecule has 0 amide bonds. The second kappa shape index (κ2) is 9.85. The number of furan rings is 1. The lowest BCUT2D eigenvalue weighted by atomic mass is 10.0. The molecule has 187 valence electrons. The third kappa shape index (κ3) is 4.06. The maximum atomic E-state index is 6.14. The topological polar surface area (TPSA) is 13.1 Å². The lowest BCUT2D eigenvalue weighted by Gasteiger charge is -2.47. The lowest BCUT2D eigenvalue weighted by Crippen LogP contribution is -2.74. The van der Waals surface area contributed by atoms with Gasteiger partial charge in [-0.25, -0.2) is 0 Å². The first-order chi connectivity index (χ1) is 19.2. The van der Waals surface area contributed by atoms with Crippen LogP contribution in [0.4, 0.5) is 0 Å². The molecule has 0 aliphatic carbocycles. The molecule has 6 aromatic carbocycles. The summed E-state index contributed by atoms with van der Waals surface area (Å²) in [5.41, 5.74) is 4.20. The predicted molar refractivity (Wildman–Crippen MR) is 170 cm³/mol. The molecule has 1 nitrogen and oxygen atoms in total. The van der Waals surface area contributed by atoms with Crippen molar-refractivity contribution >= 4 is 66.7 Å². The van der Waals surface area contributed by atoms with E-state index in [1.807, 2.05) is 12.1 Å². The van der Waals surface area contributed by atoms with Gasteiger partial charge in [0.2, 0.25) is 0 Å². The molecule has 1 heterocycles. The normalized spacial score (nSPS) is 11.7. The minimum Gasteiger partial charge on any atom is -0.456 e. The molecular formula is C36H25BrOSi-. The van der Waals surface area contributed by atoms with Crippen molar-refractivity contribution in [2.75, 3.05) is 0 Å². The fraction of sp³-hybridized carbons (Fsp3) is 0. The number of rotatable bonds is 5. The number of hydrogen-bond acceptors (Lipinski definition) is 1. The van der Waals surface area contributed by atoms with Gasteiger partial charge in [0.15, 0.2) is 0 Å². The molecule has 0 atom stereocenters. The van der Waals surface area contributed by atoms with Gasteiger partial charge < -0.3 is 4.42 Å². The van der Waals surface area contributed by atoms with Crippen molar-refractivity contribution in [1.29, 1.82) is 0 Å². The van der Waals surface area contributed by atoms with Gasteiger partial charge in [-0.05, 0) is 49.5 Å². The van der Waals surface area contributed by atoms with E-state index in [2.05, 4.69) is 155 Å². The van der Waals surface area contributed by atoms with E-state index >= 15 is 0 Å². The van der Waals surface area contributed by atoms with Crippen LogP contribution in [-0.4, -0.2) is 8.07 Å². The van der Waals surface area contributed by atoms with Crippen molar-refractivity contribution in [2.24, 2.45) is 0 Å². The Labute approximate surface area is 237 Å². The quantitative estimate of drug-likeness (QED) is 0.153. The summed E-state index contributed by atoms with van der Waals surface area (Å²) in [6, 6.07) is 55.1. The summed E-state index contributed by atoms with van der Waals surface area (Å²) in [4.78, 5) is 0. The fourth-order valence-corrected chi connectivity index (χ4v) is 11.1. The number of fused-ring (bicyclic) bond motifs is 3. The molecule has 7 rings (SSSR count). The first-order valence-corrected chi connectivity index (χ1v) is 15.9. The van der Waals surface area contributed by atoms with E-state index in [9.17, 15) is 0 Å². The van der Waals surface area contributed by atoms with E-state index < -0.39 is 8.07 Å². The zero-order chi connectivity index (χ0) is 26.2. The molecule has 1 aromatic heterocycles. The molecule has 0 fully saturated rings. The maximum Gasteiger partial charge on any atom is 0.135 e. The Bertz CT molecular complexity index is 1810. The van der Waals surface area contributed by atoms with Gasteiger partial charge in [0.05, 0.1) is 0 Å². The predicted octanol–water partition coefficient (Wildman–Crippen LogP) is 7.39. The van der Waals surface area contributed by atoms with E-state index in [1.165, 1.54) is 31.9 Å². The molecule has 3 heteroatoms. The Hall–Kier alpha value is -4.18. The van der Waals surface area contributed by atoms with Gasteiger partial charge in [-0.2, -0.15) is 20.7 Å². The largest absolute Gasteiger partial charge is 0.456 e. The molecule has 0 radical (unpaired) electrons. The molecule has 0 saturated carbocycles. The Morgan fingerprint density at radius 1 is 0.410 bits per heavy atom. The van der Waals surface area contributed by atoms with Crippen LogP contribution < -0.4 is 20.7 Å². The second-order valence-corrected chi connectivity index (χ2v) is 14.6. The van der Waals surface area contributed by atoms with Crippen LogP contribution in [0, 0.1) is 0 Å². The molecule has 0 saturated heterocycles. The highest BCUT2D eigenvalue weighted by molar-refractivity contribution is 9.10. The van der Waals surface area contributed by atoms with Gasteiger partial charge >= 0.3 is 0 Å². The summed E-state index contributed by atoms with van der Waals surface area (Å²) in [5.74, 6) is 0. The maximum absolute atomic E-state index is 6.14. The van der Waals surface area contributed by atoms with Gasteiger partial charge in [-0.15, -0.1) is 0 Å². The van der Waals surface area contributed by atoms with Gasteiger partial charge in [0, 0.05) is 15.2 Å². The highest BCUT2D eigenvalue weighted by Gasteiger charge is 2.28. The van der Waals surface area contributed by atoms with E-state index in [0.29, 0.717) is 0 Å². The van der Waals surface area contributed by atoms with Gasteiger partial charge in [-0.3, -0.25) is 0 Å².